The molecule has 1 amide bonds. The van der Waals surface area contributed by atoms with E-state index in [1.807, 2.05) is 24.4 Å². The van der Waals surface area contributed by atoms with Crippen LogP contribution in [0, 0.1) is 5.92 Å². The number of amides is 1. The molecule has 1 atom stereocenters. The number of nitrogens with zero attached hydrogens (tertiary/aromatic N) is 1. The molecule has 21 heavy (non-hydrogen) atoms. The number of aromatic nitrogens is 1. The minimum absolute atomic E-state index is 0.121. The summed E-state index contributed by atoms with van der Waals surface area (Å²) in [4.78, 5) is 27.9. The molecule has 1 unspecified atom stereocenters. The maximum atomic E-state index is 12.0. The molecule has 2 heterocycles. The first-order valence-electron chi connectivity index (χ1n) is 6.55. The summed E-state index contributed by atoms with van der Waals surface area (Å²) >= 11 is 3.03. The van der Waals surface area contributed by atoms with Crippen molar-refractivity contribution in [2.75, 3.05) is 6.54 Å². The topological polar surface area (TPSA) is 79.3 Å². The van der Waals surface area contributed by atoms with Crippen LogP contribution in [0.4, 0.5) is 0 Å². The molecule has 2 N–H and O–H groups in total. The van der Waals surface area contributed by atoms with E-state index in [4.69, 9.17) is 5.11 Å². The average molecular weight is 324 g/mol. The van der Waals surface area contributed by atoms with Crippen LogP contribution in [0.3, 0.4) is 0 Å². The Morgan fingerprint density at radius 1 is 1.43 bits per heavy atom. The molecule has 0 fully saturated rings. The first-order chi connectivity index (χ1) is 10.1. The number of aliphatic carboxylic acids is 1. The average Bonchev–Trinajstić information content (AvgIpc) is 3.11. The zero-order chi connectivity index (χ0) is 15.2. The monoisotopic (exact) mass is 324 g/mol. The van der Waals surface area contributed by atoms with E-state index in [1.54, 1.807) is 16.7 Å². The molecule has 2 aromatic rings. The summed E-state index contributed by atoms with van der Waals surface area (Å²) in [7, 11) is 0. The van der Waals surface area contributed by atoms with Crippen LogP contribution in [0.2, 0.25) is 0 Å². The number of rotatable bonds is 7. The Kier molecular flexibility index (Phi) is 5.46. The lowest BCUT2D eigenvalue weighted by Gasteiger charge is -2.10. The summed E-state index contributed by atoms with van der Waals surface area (Å²) in [5.74, 6) is -0.898. The molecule has 0 spiro atoms. The molecule has 2 aromatic heterocycles. The van der Waals surface area contributed by atoms with Crippen molar-refractivity contribution in [3.8, 4) is 9.88 Å². The normalized spacial score (nSPS) is 12.0. The quantitative estimate of drug-likeness (QED) is 0.820. The summed E-state index contributed by atoms with van der Waals surface area (Å²) in [5.41, 5.74) is 0.411. The summed E-state index contributed by atoms with van der Waals surface area (Å²) in [5, 5.41) is 16.0. The molecule has 0 aliphatic rings. The highest BCUT2D eigenvalue weighted by Gasteiger charge is 2.13. The highest BCUT2D eigenvalue weighted by atomic mass is 32.1. The third-order valence-corrected chi connectivity index (χ3v) is 4.81. The van der Waals surface area contributed by atoms with Crippen LogP contribution in [-0.4, -0.2) is 28.5 Å². The number of carbonyl (C=O) groups excluding carboxylic acids is 1. The minimum Gasteiger partial charge on any atom is -0.481 e. The number of hydrogen-bond donors (Lipinski definition) is 2. The number of carbonyl (C=O) groups is 2. The molecule has 0 aliphatic carbocycles. The molecule has 5 nitrogen and oxygen atoms in total. The van der Waals surface area contributed by atoms with Gasteiger partial charge in [0.1, 0.15) is 10.7 Å². The largest absolute Gasteiger partial charge is 0.481 e. The first-order valence-corrected chi connectivity index (χ1v) is 8.31. The summed E-state index contributed by atoms with van der Waals surface area (Å²) < 4.78 is 0. The van der Waals surface area contributed by atoms with Gasteiger partial charge in [0.05, 0.1) is 4.88 Å². The van der Waals surface area contributed by atoms with E-state index in [9.17, 15) is 9.59 Å². The van der Waals surface area contributed by atoms with Crippen LogP contribution < -0.4 is 5.32 Å². The predicted octanol–water partition coefficient (Wildman–Crippen LogP) is 3.10. The molecule has 0 saturated heterocycles. The van der Waals surface area contributed by atoms with Gasteiger partial charge in [0.15, 0.2) is 0 Å². The van der Waals surface area contributed by atoms with Crippen molar-refractivity contribution in [1.29, 1.82) is 0 Å². The van der Waals surface area contributed by atoms with Gasteiger partial charge in [-0.1, -0.05) is 13.0 Å². The molecular weight excluding hydrogens is 308 g/mol. The highest BCUT2D eigenvalue weighted by molar-refractivity contribution is 7.20. The van der Waals surface area contributed by atoms with Crippen molar-refractivity contribution < 1.29 is 14.7 Å². The number of hydrogen-bond acceptors (Lipinski definition) is 5. The molecule has 0 radical (unpaired) electrons. The summed E-state index contributed by atoms with van der Waals surface area (Å²) in [6, 6.07) is 3.92. The second kappa shape index (κ2) is 7.33. The zero-order valence-electron chi connectivity index (χ0n) is 11.5. The SMILES string of the molecule is CC(CCC(=O)O)CNC(=O)c1csc(-c2cccs2)n1. The van der Waals surface area contributed by atoms with Crippen LogP contribution in [-0.2, 0) is 4.79 Å². The Morgan fingerprint density at radius 3 is 2.90 bits per heavy atom. The molecule has 0 bridgehead atoms. The van der Waals surface area contributed by atoms with E-state index >= 15 is 0 Å². The molecule has 0 aromatic carbocycles. The molecule has 0 saturated carbocycles. The Morgan fingerprint density at radius 2 is 2.24 bits per heavy atom. The fraction of sp³-hybridized carbons (Fsp3) is 0.357. The molecule has 2 rings (SSSR count). The number of nitrogens with one attached hydrogen (secondary N) is 1. The third kappa shape index (κ3) is 4.64. The Hall–Kier alpha value is -1.73. The van der Waals surface area contributed by atoms with Crippen molar-refractivity contribution >= 4 is 34.6 Å². The van der Waals surface area contributed by atoms with E-state index in [2.05, 4.69) is 10.3 Å². The van der Waals surface area contributed by atoms with Gasteiger partial charge in [-0.3, -0.25) is 9.59 Å². The van der Waals surface area contributed by atoms with E-state index < -0.39 is 5.97 Å². The molecule has 0 aliphatic heterocycles. The number of carboxylic acid groups (broad SMARTS) is 1. The van der Waals surface area contributed by atoms with Crippen LogP contribution in [0.25, 0.3) is 9.88 Å². The van der Waals surface area contributed by atoms with Gasteiger partial charge in [0.2, 0.25) is 0 Å². The van der Waals surface area contributed by atoms with Crippen LogP contribution in [0.1, 0.15) is 30.3 Å². The number of carboxylic acids is 1. The van der Waals surface area contributed by atoms with Crippen LogP contribution in [0.5, 0.6) is 0 Å². The van der Waals surface area contributed by atoms with Crippen molar-refractivity contribution in [2.24, 2.45) is 5.92 Å². The van der Waals surface area contributed by atoms with E-state index in [1.165, 1.54) is 11.3 Å². The van der Waals surface area contributed by atoms with Gasteiger partial charge in [-0.25, -0.2) is 4.98 Å². The maximum Gasteiger partial charge on any atom is 0.303 e. The zero-order valence-corrected chi connectivity index (χ0v) is 13.2. The van der Waals surface area contributed by atoms with Gasteiger partial charge < -0.3 is 10.4 Å². The van der Waals surface area contributed by atoms with Gasteiger partial charge in [-0.05, 0) is 23.8 Å². The lowest BCUT2D eigenvalue weighted by atomic mass is 10.1. The molecule has 7 heteroatoms. The van der Waals surface area contributed by atoms with E-state index in [0.29, 0.717) is 18.7 Å². The minimum atomic E-state index is -0.812. The van der Waals surface area contributed by atoms with Crippen molar-refractivity contribution in [1.82, 2.24) is 10.3 Å². The maximum absolute atomic E-state index is 12.0. The van der Waals surface area contributed by atoms with E-state index in [-0.39, 0.29) is 18.2 Å². The Balaban J connectivity index is 1.85. The second-order valence-corrected chi connectivity index (χ2v) is 6.57. The van der Waals surface area contributed by atoms with Gasteiger partial charge >= 0.3 is 5.97 Å². The van der Waals surface area contributed by atoms with Gasteiger partial charge in [-0.2, -0.15) is 0 Å². The second-order valence-electron chi connectivity index (χ2n) is 4.76. The lowest BCUT2D eigenvalue weighted by Crippen LogP contribution is -2.28. The number of thiazole rings is 1. The smallest absolute Gasteiger partial charge is 0.303 e. The summed E-state index contributed by atoms with van der Waals surface area (Å²) in [6.45, 7) is 2.37. The fourth-order valence-electron chi connectivity index (χ4n) is 1.72. The fourth-order valence-corrected chi connectivity index (χ4v) is 3.34. The summed E-state index contributed by atoms with van der Waals surface area (Å²) in [6.07, 6.45) is 0.670. The van der Waals surface area contributed by atoms with E-state index in [0.717, 1.165) is 9.88 Å². The Bertz CT molecular complexity index is 608. The van der Waals surface area contributed by atoms with Crippen molar-refractivity contribution in [3.05, 3.63) is 28.6 Å². The third-order valence-electron chi connectivity index (χ3n) is 2.93. The van der Waals surface area contributed by atoms with Crippen molar-refractivity contribution in [3.63, 3.8) is 0 Å². The van der Waals surface area contributed by atoms with Crippen LogP contribution in [0.15, 0.2) is 22.9 Å². The number of thiophene rings is 1. The standard InChI is InChI=1S/C14H16N2O3S2/c1-9(4-5-12(17)18)7-15-13(19)10-8-21-14(16-10)11-3-2-6-20-11/h2-3,6,8-9H,4-5,7H2,1H3,(H,15,19)(H,17,18). The first kappa shape index (κ1) is 15.7. The predicted molar refractivity (Wildman–Crippen MR) is 83.8 cm³/mol. The van der Waals surface area contributed by atoms with Gasteiger partial charge in [-0.15, -0.1) is 22.7 Å². The van der Waals surface area contributed by atoms with Crippen LogP contribution >= 0.6 is 22.7 Å². The van der Waals surface area contributed by atoms with Crippen molar-refractivity contribution in [2.45, 2.75) is 19.8 Å². The lowest BCUT2D eigenvalue weighted by molar-refractivity contribution is -0.137. The Labute approximate surface area is 130 Å². The molecule has 112 valence electrons. The van der Waals surface area contributed by atoms with Gasteiger partial charge in [0.25, 0.3) is 5.91 Å². The van der Waals surface area contributed by atoms with Gasteiger partial charge in [0, 0.05) is 18.3 Å². The molecular formula is C14H16N2O3S2. The highest BCUT2D eigenvalue weighted by Crippen LogP contribution is 2.27.